The maximum atomic E-state index is 8.76. The second-order valence-electron chi connectivity index (χ2n) is 3.27. The molecular formula is C11H14O3. The third-order valence-electron chi connectivity index (χ3n) is 2.25. The van der Waals surface area contributed by atoms with Crippen LogP contribution in [-0.4, -0.2) is 24.9 Å². The summed E-state index contributed by atoms with van der Waals surface area (Å²) < 4.78 is 11.0. The van der Waals surface area contributed by atoms with Gasteiger partial charge in [-0.1, -0.05) is 12.1 Å². The quantitative estimate of drug-likeness (QED) is 0.790. The molecule has 3 nitrogen and oxygen atoms in total. The molecule has 0 unspecified atom stereocenters. The molecule has 76 valence electrons. The van der Waals surface area contributed by atoms with Gasteiger partial charge in [0.2, 0.25) is 0 Å². The normalized spacial score (nSPS) is 14.1. The van der Waals surface area contributed by atoms with Crippen molar-refractivity contribution in [3.05, 3.63) is 23.8 Å². The monoisotopic (exact) mass is 194 g/mol. The third kappa shape index (κ3) is 1.82. The lowest BCUT2D eigenvalue weighted by Gasteiger charge is -2.20. The van der Waals surface area contributed by atoms with Crippen LogP contribution < -0.4 is 9.47 Å². The van der Waals surface area contributed by atoms with Crippen molar-refractivity contribution in [2.75, 3.05) is 19.8 Å². The van der Waals surface area contributed by atoms with Crippen LogP contribution in [0.15, 0.2) is 18.2 Å². The van der Waals surface area contributed by atoms with E-state index in [0.29, 0.717) is 13.2 Å². The first-order chi connectivity index (χ1) is 6.92. The zero-order valence-corrected chi connectivity index (χ0v) is 8.03. The predicted molar refractivity (Wildman–Crippen MR) is 52.8 cm³/mol. The minimum atomic E-state index is 0.213. The van der Waals surface area contributed by atoms with E-state index < -0.39 is 0 Å². The summed E-state index contributed by atoms with van der Waals surface area (Å²) in [6.45, 7) is 1.45. The topological polar surface area (TPSA) is 38.7 Å². The molecule has 1 aromatic carbocycles. The van der Waals surface area contributed by atoms with Crippen LogP contribution in [-0.2, 0) is 6.42 Å². The molecule has 1 aliphatic rings. The Labute approximate surface area is 83.3 Å². The molecule has 0 bridgehead atoms. The molecule has 0 radical (unpaired) electrons. The van der Waals surface area contributed by atoms with Crippen LogP contribution in [0.2, 0.25) is 0 Å². The first-order valence-electron chi connectivity index (χ1n) is 4.90. The van der Waals surface area contributed by atoms with Crippen molar-refractivity contribution in [1.82, 2.24) is 0 Å². The number of hydrogen-bond acceptors (Lipinski definition) is 3. The Morgan fingerprint density at radius 3 is 2.93 bits per heavy atom. The Morgan fingerprint density at radius 1 is 1.21 bits per heavy atom. The van der Waals surface area contributed by atoms with Gasteiger partial charge in [-0.05, 0) is 24.5 Å². The lowest BCUT2D eigenvalue weighted by molar-refractivity contribution is 0.169. The van der Waals surface area contributed by atoms with Gasteiger partial charge < -0.3 is 14.6 Å². The Kier molecular flexibility index (Phi) is 2.89. The second kappa shape index (κ2) is 4.33. The van der Waals surface area contributed by atoms with Gasteiger partial charge in [-0.3, -0.25) is 0 Å². The fourth-order valence-corrected chi connectivity index (χ4v) is 1.60. The van der Waals surface area contributed by atoms with Crippen molar-refractivity contribution < 1.29 is 14.6 Å². The summed E-state index contributed by atoms with van der Waals surface area (Å²) in [6.07, 6.45) is 1.60. The maximum Gasteiger partial charge on any atom is 0.164 e. The SMILES string of the molecule is OCCCc1cccc2c1OCCO2. The van der Waals surface area contributed by atoms with Crippen molar-refractivity contribution >= 4 is 0 Å². The average Bonchev–Trinajstić information content (AvgIpc) is 2.26. The summed E-state index contributed by atoms with van der Waals surface area (Å²) in [5.41, 5.74) is 1.12. The molecule has 0 amide bonds. The summed E-state index contributed by atoms with van der Waals surface area (Å²) in [5, 5.41) is 8.76. The van der Waals surface area contributed by atoms with Crippen LogP contribution in [0.25, 0.3) is 0 Å². The number of aliphatic hydroxyl groups is 1. The lowest BCUT2D eigenvalue weighted by atomic mass is 10.1. The molecule has 1 aliphatic heterocycles. The highest BCUT2D eigenvalue weighted by Gasteiger charge is 2.14. The molecule has 1 N–H and O–H groups in total. The number of ether oxygens (including phenoxy) is 2. The van der Waals surface area contributed by atoms with Gasteiger partial charge in [-0.25, -0.2) is 0 Å². The van der Waals surface area contributed by atoms with E-state index in [1.54, 1.807) is 0 Å². The van der Waals surface area contributed by atoms with Gasteiger partial charge in [0.15, 0.2) is 11.5 Å². The zero-order valence-electron chi connectivity index (χ0n) is 8.03. The van der Waals surface area contributed by atoms with Crippen LogP contribution >= 0.6 is 0 Å². The van der Waals surface area contributed by atoms with E-state index in [0.717, 1.165) is 29.9 Å². The minimum Gasteiger partial charge on any atom is -0.486 e. The highest BCUT2D eigenvalue weighted by atomic mass is 16.6. The molecule has 0 spiro atoms. The highest BCUT2D eigenvalue weighted by molar-refractivity contribution is 5.47. The molecule has 1 heterocycles. The van der Waals surface area contributed by atoms with E-state index >= 15 is 0 Å². The minimum absolute atomic E-state index is 0.213. The standard InChI is InChI=1S/C11H14O3/c12-6-2-4-9-3-1-5-10-11(9)14-8-7-13-10/h1,3,5,12H,2,4,6-8H2. The van der Waals surface area contributed by atoms with E-state index in [-0.39, 0.29) is 6.61 Å². The van der Waals surface area contributed by atoms with E-state index in [1.807, 2.05) is 18.2 Å². The number of aryl methyl sites for hydroxylation is 1. The number of fused-ring (bicyclic) bond motifs is 1. The van der Waals surface area contributed by atoms with E-state index in [4.69, 9.17) is 14.6 Å². The summed E-state index contributed by atoms with van der Waals surface area (Å²) in [4.78, 5) is 0. The number of rotatable bonds is 3. The Morgan fingerprint density at radius 2 is 2.07 bits per heavy atom. The number of benzene rings is 1. The highest BCUT2D eigenvalue weighted by Crippen LogP contribution is 2.34. The van der Waals surface area contributed by atoms with Crippen LogP contribution in [0.4, 0.5) is 0 Å². The summed E-state index contributed by atoms with van der Waals surface area (Å²) >= 11 is 0. The summed E-state index contributed by atoms with van der Waals surface area (Å²) in [6, 6.07) is 5.89. The molecule has 14 heavy (non-hydrogen) atoms. The zero-order chi connectivity index (χ0) is 9.80. The fourth-order valence-electron chi connectivity index (χ4n) is 1.60. The predicted octanol–water partition coefficient (Wildman–Crippen LogP) is 1.38. The molecule has 0 atom stereocenters. The molecule has 2 rings (SSSR count). The van der Waals surface area contributed by atoms with Gasteiger partial charge in [0.05, 0.1) is 0 Å². The third-order valence-corrected chi connectivity index (χ3v) is 2.25. The van der Waals surface area contributed by atoms with Gasteiger partial charge in [0.1, 0.15) is 13.2 Å². The molecule has 0 aliphatic carbocycles. The largest absolute Gasteiger partial charge is 0.486 e. The van der Waals surface area contributed by atoms with E-state index in [1.165, 1.54) is 0 Å². The Balaban J connectivity index is 2.21. The van der Waals surface area contributed by atoms with E-state index in [2.05, 4.69) is 0 Å². The smallest absolute Gasteiger partial charge is 0.164 e. The van der Waals surface area contributed by atoms with Crippen LogP contribution in [0.3, 0.4) is 0 Å². The number of para-hydroxylation sites is 1. The molecule has 0 saturated heterocycles. The van der Waals surface area contributed by atoms with Crippen molar-refractivity contribution in [2.45, 2.75) is 12.8 Å². The van der Waals surface area contributed by atoms with Gasteiger partial charge in [-0.15, -0.1) is 0 Å². The molecule has 0 aromatic heterocycles. The summed E-state index contributed by atoms with van der Waals surface area (Å²) in [5.74, 6) is 1.68. The number of hydrogen-bond donors (Lipinski definition) is 1. The summed E-state index contributed by atoms with van der Waals surface area (Å²) in [7, 11) is 0. The Hall–Kier alpha value is -1.22. The van der Waals surface area contributed by atoms with Crippen molar-refractivity contribution in [2.24, 2.45) is 0 Å². The Bertz CT molecular complexity index is 309. The average molecular weight is 194 g/mol. The van der Waals surface area contributed by atoms with Gasteiger partial charge in [-0.2, -0.15) is 0 Å². The molecule has 3 heteroatoms. The van der Waals surface area contributed by atoms with Gasteiger partial charge >= 0.3 is 0 Å². The molecular weight excluding hydrogens is 180 g/mol. The maximum absolute atomic E-state index is 8.76. The number of aliphatic hydroxyl groups excluding tert-OH is 1. The lowest BCUT2D eigenvalue weighted by Crippen LogP contribution is -2.16. The van der Waals surface area contributed by atoms with Crippen molar-refractivity contribution in [3.8, 4) is 11.5 Å². The van der Waals surface area contributed by atoms with Gasteiger partial charge in [0, 0.05) is 6.61 Å². The fraction of sp³-hybridized carbons (Fsp3) is 0.455. The van der Waals surface area contributed by atoms with Crippen LogP contribution in [0, 0.1) is 0 Å². The molecule has 1 aromatic rings. The van der Waals surface area contributed by atoms with Crippen LogP contribution in [0.1, 0.15) is 12.0 Å². The van der Waals surface area contributed by atoms with Gasteiger partial charge in [0.25, 0.3) is 0 Å². The molecule has 0 saturated carbocycles. The molecule has 0 fully saturated rings. The van der Waals surface area contributed by atoms with E-state index in [9.17, 15) is 0 Å². The first-order valence-corrected chi connectivity index (χ1v) is 4.90. The first kappa shape index (κ1) is 9.34. The van der Waals surface area contributed by atoms with Crippen LogP contribution in [0.5, 0.6) is 11.5 Å². The van der Waals surface area contributed by atoms with Crippen molar-refractivity contribution in [3.63, 3.8) is 0 Å². The second-order valence-corrected chi connectivity index (χ2v) is 3.27. The van der Waals surface area contributed by atoms with Crippen molar-refractivity contribution in [1.29, 1.82) is 0 Å².